The molecule has 0 saturated carbocycles. The van der Waals surface area contributed by atoms with Crippen LogP contribution in [-0.4, -0.2) is 60.8 Å². The number of halogens is 1. The molecule has 6 heteroatoms. The van der Waals surface area contributed by atoms with Gasteiger partial charge in [0.1, 0.15) is 5.82 Å². The molecular formula is C26H34FN3O2. The molecule has 0 radical (unpaired) electrons. The standard InChI is InChI=1S/C26H34FN3O2/c27-23-8-4-7-22(19-23)20-29-15-10-24(11-16-29)30(25-12-17-32-18-13-25)26(31)28-14-9-21-5-2-1-3-6-21/h1-8,19,24-25H,9-18,20H2,(H,28,31). The molecule has 2 aliphatic heterocycles. The van der Waals surface area contributed by atoms with Crippen LogP contribution < -0.4 is 5.32 Å². The Bertz CT molecular complexity index is 849. The lowest BCUT2D eigenvalue weighted by atomic mass is 9.98. The zero-order chi connectivity index (χ0) is 22.2. The summed E-state index contributed by atoms with van der Waals surface area (Å²) in [6.07, 6.45) is 4.52. The second-order valence-electron chi connectivity index (χ2n) is 8.86. The third-order valence-corrected chi connectivity index (χ3v) is 6.60. The Kier molecular flexibility index (Phi) is 8.13. The topological polar surface area (TPSA) is 44.8 Å². The van der Waals surface area contributed by atoms with Crippen molar-refractivity contribution in [3.8, 4) is 0 Å². The number of piperidine rings is 1. The Labute approximate surface area is 190 Å². The molecule has 172 valence electrons. The molecule has 2 amide bonds. The largest absolute Gasteiger partial charge is 0.381 e. The van der Waals surface area contributed by atoms with Crippen molar-refractivity contribution in [2.45, 2.75) is 50.7 Å². The highest BCUT2D eigenvalue weighted by molar-refractivity contribution is 5.75. The fourth-order valence-electron chi connectivity index (χ4n) is 4.89. The first-order valence-corrected chi connectivity index (χ1v) is 11.8. The molecule has 2 fully saturated rings. The Morgan fingerprint density at radius 2 is 1.66 bits per heavy atom. The van der Waals surface area contributed by atoms with Crippen LogP contribution in [0, 0.1) is 5.82 Å². The van der Waals surface area contributed by atoms with E-state index in [1.54, 1.807) is 12.1 Å². The highest BCUT2D eigenvalue weighted by atomic mass is 19.1. The van der Waals surface area contributed by atoms with Crippen LogP contribution in [0.5, 0.6) is 0 Å². The minimum Gasteiger partial charge on any atom is -0.381 e. The van der Waals surface area contributed by atoms with Crippen LogP contribution >= 0.6 is 0 Å². The fourth-order valence-corrected chi connectivity index (χ4v) is 4.89. The molecule has 0 unspecified atom stereocenters. The minimum atomic E-state index is -0.185. The monoisotopic (exact) mass is 439 g/mol. The van der Waals surface area contributed by atoms with Gasteiger partial charge in [-0.15, -0.1) is 0 Å². The van der Waals surface area contributed by atoms with Crippen LogP contribution in [0.15, 0.2) is 54.6 Å². The Morgan fingerprint density at radius 3 is 2.38 bits per heavy atom. The number of amides is 2. The number of nitrogens with one attached hydrogen (secondary N) is 1. The van der Waals surface area contributed by atoms with Crippen LogP contribution in [-0.2, 0) is 17.7 Å². The van der Waals surface area contributed by atoms with Gasteiger partial charge in [-0.2, -0.15) is 0 Å². The third-order valence-electron chi connectivity index (χ3n) is 6.60. The van der Waals surface area contributed by atoms with Gasteiger partial charge in [-0.25, -0.2) is 9.18 Å². The number of carbonyl (C=O) groups is 1. The molecule has 4 rings (SSSR count). The number of hydrogen-bond donors (Lipinski definition) is 1. The van der Waals surface area contributed by atoms with Crippen molar-refractivity contribution >= 4 is 6.03 Å². The quantitative estimate of drug-likeness (QED) is 0.703. The first kappa shape index (κ1) is 22.7. The number of urea groups is 1. The number of nitrogens with zero attached hydrogens (tertiary/aromatic N) is 2. The smallest absolute Gasteiger partial charge is 0.317 e. The van der Waals surface area contributed by atoms with E-state index >= 15 is 0 Å². The predicted octanol–water partition coefficient (Wildman–Crippen LogP) is 4.22. The van der Waals surface area contributed by atoms with Crippen molar-refractivity contribution in [2.75, 3.05) is 32.8 Å². The second-order valence-corrected chi connectivity index (χ2v) is 8.86. The van der Waals surface area contributed by atoms with Gasteiger partial charge < -0.3 is 15.0 Å². The van der Waals surface area contributed by atoms with Gasteiger partial charge in [-0.3, -0.25) is 4.90 Å². The predicted molar refractivity (Wildman–Crippen MR) is 124 cm³/mol. The molecule has 5 nitrogen and oxygen atoms in total. The van der Waals surface area contributed by atoms with Crippen molar-refractivity contribution < 1.29 is 13.9 Å². The lowest BCUT2D eigenvalue weighted by molar-refractivity contribution is 0.0204. The minimum absolute atomic E-state index is 0.0522. The summed E-state index contributed by atoms with van der Waals surface area (Å²) >= 11 is 0. The summed E-state index contributed by atoms with van der Waals surface area (Å²) in [5.74, 6) is -0.185. The number of benzene rings is 2. The maximum Gasteiger partial charge on any atom is 0.317 e. The molecule has 0 spiro atoms. The van der Waals surface area contributed by atoms with Gasteiger partial charge in [0, 0.05) is 51.5 Å². The molecule has 2 saturated heterocycles. The summed E-state index contributed by atoms with van der Waals surface area (Å²) in [5.41, 5.74) is 2.24. The number of likely N-dealkylation sites (tertiary alicyclic amines) is 1. The van der Waals surface area contributed by atoms with Crippen molar-refractivity contribution in [3.63, 3.8) is 0 Å². The lowest BCUT2D eigenvalue weighted by Gasteiger charge is -2.43. The van der Waals surface area contributed by atoms with E-state index in [0.717, 1.165) is 70.5 Å². The molecule has 2 aliphatic rings. The van der Waals surface area contributed by atoms with E-state index in [1.165, 1.54) is 11.6 Å². The van der Waals surface area contributed by atoms with E-state index in [2.05, 4.69) is 27.2 Å². The Hall–Kier alpha value is -2.44. The van der Waals surface area contributed by atoms with E-state index in [0.29, 0.717) is 6.54 Å². The highest BCUT2D eigenvalue weighted by Gasteiger charge is 2.34. The van der Waals surface area contributed by atoms with E-state index in [1.807, 2.05) is 24.3 Å². The summed E-state index contributed by atoms with van der Waals surface area (Å²) in [7, 11) is 0. The maximum atomic E-state index is 13.5. The molecule has 0 atom stereocenters. The van der Waals surface area contributed by atoms with E-state index in [-0.39, 0.29) is 23.9 Å². The van der Waals surface area contributed by atoms with E-state index < -0.39 is 0 Å². The van der Waals surface area contributed by atoms with Crippen molar-refractivity contribution in [1.29, 1.82) is 0 Å². The fraction of sp³-hybridized carbons (Fsp3) is 0.500. The van der Waals surface area contributed by atoms with Gasteiger partial charge in [-0.05, 0) is 55.4 Å². The Morgan fingerprint density at radius 1 is 0.969 bits per heavy atom. The van der Waals surface area contributed by atoms with E-state index in [4.69, 9.17) is 4.74 Å². The maximum absolute atomic E-state index is 13.5. The summed E-state index contributed by atoms with van der Waals surface area (Å²) in [5, 5.41) is 3.17. The molecule has 0 aliphatic carbocycles. The zero-order valence-electron chi connectivity index (χ0n) is 18.7. The average Bonchev–Trinajstić information content (AvgIpc) is 2.82. The van der Waals surface area contributed by atoms with Crippen molar-refractivity contribution in [3.05, 3.63) is 71.5 Å². The molecule has 2 aromatic carbocycles. The van der Waals surface area contributed by atoms with Gasteiger partial charge in [0.2, 0.25) is 0 Å². The zero-order valence-corrected chi connectivity index (χ0v) is 18.7. The van der Waals surface area contributed by atoms with Crippen molar-refractivity contribution in [2.24, 2.45) is 0 Å². The Balaban J connectivity index is 1.33. The SMILES string of the molecule is O=C(NCCc1ccccc1)N(C1CCOCC1)C1CCN(Cc2cccc(F)c2)CC1. The highest BCUT2D eigenvalue weighted by Crippen LogP contribution is 2.25. The van der Waals surface area contributed by atoms with Crippen LogP contribution in [0.3, 0.4) is 0 Å². The summed E-state index contributed by atoms with van der Waals surface area (Å²) in [6, 6.07) is 17.6. The molecule has 2 aromatic rings. The van der Waals surface area contributed by atoms with Gasteiger partial charge in [0.05, 0.1) is 0 Å². The molecule has 32 heavy (non-hydrogen) atoms. The molecule has 1 N–H and O–H groups in total. The first-order valence-electron chi connectivity index (χ1n) is 11.8. The van der Waals surface area contributed by atoms with E-state index in [9.17, 15) is 9.18 Å². The normalized spacial score (nSPS) is 18.4. The molecule has 0 bridgehead atoms. The molecular weight excluding hydrogens is 405 g/mol. The number of rotatable bonds is 7. The summed E-state index contributed by atoms with van der Waals surface area (Å²) in [4.78, 5) is 17.7. The molecule has 0 aromatic heterocycles. The van der Waals surface area contributed by atoms with Crippen LogP contribution in [0.2, 0.25) is 0 Å². The second kappa shape index (κ2) is 11.4. The summed E-state index contributed by atoms with van der Waals surface area (Å²) in [6.45, 7) is 4.66. The van der Waals surface area contributed by atoms with Crippen molar-refractivity contribution in [1.82, 2.24) is 15.1 Å². The number of ether oxygens (including phenoxy) is 1. The van der Waals surface area contributed by atoms with Gasteiger partial charge >= 0.3 is 6.03 Å². The number of hydrogen-bond acceptors (Lipinski definition) is 3. The van der Waals surface area contributed by atoms with Crippen LogP contribution in [0.4, 0.5) is 9.18 Å². The van der Waals surface area contributed by atoms with Gasteiger partial charge in [0.15, 0.2) is 0 Å². The summed E-state index contributed by atoms with van der Waals surface area (Å²) < 4.78 is 19.1. The average molecular weight is 440 g/mol. The number of carbonyl (C=O) groups excluding carboxylic acids is 1. The lowest BCUT2D eigenvalue weighted by Crippen LogP contribution is -2.56. The van der Waals surface area contributed by atoms with Crippen LogP contribution in [0.25, 0.3) is 0 Å². The molecule has 2 heterocycles. The van der Waals surface area contributed by atoms with Gasteiger partial charge in [0.25, 0.3) is 0 Å². The first-order chi connectivity index (χ1) is 15.7. The van der Waals surface area contributed by atoms with Gasteiger partial charge in [-0.1, -0.05) is 42.5 Å². The van der Waals surface area contributed by atoms with Crippen LogP contribution in [0.1, 0.15) is 36.8 Å². The third kappa shape index (κ3) is 6.30.